The molecule has 0 radical (unpaired) electrons. The molecule has 0 aliphatic rings. The molecule has 1 rings (SSSR count). The summed E-state index contributed by atoms with van der Waals surface area (Å²) in [6.07, 6.45) is 2.89. The fourth-order valence-corrected chi connectivity index (χ4v) is 1.80. The van der Waals surface area contributed by atoms with Crippen LogP contribution in [0, 0.1) is 17.0 Å². The molecule has 5 N–H and O–H groups in total. The van der Waals surface area contributed by atoms with Crippen LogP contribution in [0.3, 0.4) is 0 Å². The van der Waals surface area contributed by atoms with Crippen molar-refractivity contribution in [1.29, 1.82) is 0 Å². The molecular weight excluding hydrogens is 234 g/mol. The molecule has 0 spiro atoms. The van der Waals surface area contributed by atoms with E-state index in [1.165, 1.54) is 0 Å². The van der Waals surface area contributed by atoms with Crippen LogP contribution in [0.15, 0.2) is 0 Å². The zero-order valence-electron chi connectivity index (χ0n) is 10.8. The molecule has 1 aromatic rings. The number of rotatable bonds is 7. The van der Waals surface area contributed by atoms with Crippen molar-refractivity contribution in [2.75, 3.05) is 0 Å². The van der Waals surface area contributed by atoms with Crippen molar-refractivity contribution >= 4 is 5.82 Å². The maximum atomic E-state index is 10.8. The first-order valence-corrected chi connectivity index (χ1v) is 6.11. The Balaban J connectivity index is 2.50. The van der Waals surface area contributed by atoms with Gasteiger partial charge in [-0.05, 0) is 37.5 Å². The second-order valence-corrected chi connectivity index (χ2v) is 4.73. The Labute approximate surface area is 106 Å². The first kappa shape index (κ1) is 14.6. The van der Waals surface area contributed by atoms with Crippen LogP contribution in [0.1, 0.15) is 37.7 Å². The van der Waals surface area contributed by atoms with E-state index in [1.54, 1.807) is 6.92 Å². The minimum atomic E-state index is -0.442. The predicted octanol–water partition coefficient (Wildman–Crippen LogP) is 1.01. The molecule has 7 heteroatoms. The molecule has 18 heavy (non-hydrogen) atoms. The van der Waals surface area contributed by atoms with E-state index in [9.17, 15) is 10.1 Å². The number of nitrogens with zero attached hydrogens (tertiary/aromatic N) is 2. The van der Waals surface area contributed by atoms with E-state index in [2.05, 4.69) is 9.97 Å². The first-order chi connectivity index (χ1) is 8.40. The molecule has 0 aliphatic carbocycles. The molecule has 0 saturated carbocycles. The van der Waals surface area contributed by atoms with Crippen LogP contribution >= 0.6 is 0 Å². The third-order valence-corrected chi connectivity index (χ3v) is 2.80. The number of H-pyrrole nitrogens is 1. The van der Waals surface area contributed by atoms with Gasteiger partial charge in [-0.15, -0.1) is 0 Å². The van der Waals surface area contributed by atoms with Crippen molar-refractivity contribution < 1.29 is 4.92 Å². The summed E-state index contributed by atoms with van der Waals surface area (Å²) in [5.41, 5.74) is 12.1. The number of aryl methyl sites for hydroxylation is 2. The smallest absolute Gasteiger partial charge is 0.343 e. The zero-order chi connectivity index (χ0) is 13.7. The number of nitro groups is 1. The van der Waals surface area contributed by atoms with Gasteiger partial charge in [-0.2, -0.15) is 0 Å². The van der Waals surface area contributed by atoms with Crippen LogP contribution in [-0.2, 0) is 6.42 Å². The molecule has 0 bridgehead atoms. The van der Waals surface area contributed by atoms with E-state index in [0.29, 0.717) is 24.4 Å². The van der Waals surface area contributed by atoms with Gasteiger partial charge < -0.3 is 21.6 Å². The quantitative estimate of drug-likeness (QED) is 0.495. The number of nitrogens with two attached hydrogens (primary N) is 2. The molecule has 0 aliphatic heterocycles. The van der Waals surface area contributed by atoms with Gasteiger partial charge in [0.25, 0.3) is 0 Å². The summed E-state index contributed by atoms with van der Waals surface area (Å²) in [7, 11) is 0. The number of hydrogen-bond donors (Lipinski definition) is 3. The van der Waals surface area contributed by atoms with Gasteiger partial charge in [-0.25, -0.2) is 9.97 Å². The first-order valence-electron chi connectivity index (χ1n) is 6.11. The Morgan fingerprint density at radius 1 is 1.39 bits per heavy atom. The topological polar surface area (TPSA) is 124 Å². The van der Waals surface area contributed by atoms with E-state index < -0.39 is 4.92 Å². The van der Waals surface area contributed by atoms with Crippen molar-refractivity contribution in [2.24, 2.45) is 11.5 Å². The van der Waals surface area contributed by atoms with Crippen LogP contribution in [0.25, 0.3) is 0 Å². The van der Waals surface area contributed by atoms with Gasteiger partial charge in [-0.3, -0.25) is 0 Å². The SMILES string of the molecule is Cc1nc(CCC(N)CCC(C)N)c([N+](=O)[O-])[nH]1. The average molecular weight is 255 g/mol. The summed E-state index contributed by atoms with van der Waals surface area (Å²) in [6.45, 7) is 3.64. The Bertz CT molecular complexity index is 402. The Morgan fingerprint density at radius 3 is 2.61 bits per heavy atom. The monoisotopic (exact) mass is 255 g/mol. The van der Waals surface area contributed by atoms with Crippen molar-refractivity contribution in [3.63, 3.8) is 0 Å². The highest BCUT2D eigenvalue weighted by molar-refractivity contribution is 5.28. The van der Waals surface area contributed by atoms with Gasteiger partial charge in [0.1, 0.15) is 5.69 Å². The van der Waals surface area contributed by atoms with Crippen molar-refractivity contribution in [2.45, 2.75) is 51.6 Å². The molecule has 1 aromatic heterocycles. The lowest BCUT2D eigenvalue weighted by Gasteiger charge is -2.11. The van der Waals surface area contributed by atoms with E-state index in [4.69, 9.17) is 11.5 Å². The standard InChI is InChI=1S/C11H21N5O2/c1-7(12)3-4-9(13)5-6-10-11(16(17)18)15-8(2)14-10/h7,9H,3-6,12-13H2,1-2H3,(H,14,15). The van der Waals surface area contributed by atoms with E-state index in [0.717, 1.165) is 12.8 Å². The third-order valence-electron chi connectivity index (χ3n) is 2.80. The fraction of sp³-hybridized carbons (Fsp3) is 0.727. The molecule has 2 unspecified atom stereocenters. The molecule has 0 amide bonds. The highest BCUT2D eigenvalue weighted by atomic mass is 16.6. The molecule has 1 heterocycles. The maximum absolute atomic E-state index is 10.8. The van der Waals surface area contributed by atoms with Gasteiger partial charge in [0.05, 0.1) is 0 Å². The van der Waals surface area contributed by atoms with Crippen LogP contribution in [0.2, 0.25) is 0 Å². The number of nitrogens with one attached hydrogen (secondary N) is 1. The lowest BCUT2D eigenvalue weighted by molar-refractivity contribution is -0.390. The Kier molecular flexibility index (Phi) is 5.24. The van der Waals surface area contributed by atoms with E-state index in [1.807, 2.05) is 6.92 Å². The Morgan fingerprint density at radius 2 is 2.06 bits per heavy atom. The average Bonchev–Trinajstić information content (AvgIpc) is 2.65. The molecule has 0 saturated heterocycles. The summed E-state index contributed by atoms with van der Waals surface area (Å²) in [5, 5.41) is 10.8. The van der Waals surface area contributed by atoms with Crippen molar-refractivity contribution in [1.82, 2.24) is 9.97 Å². The highest BCUT2D eigenvalue weighted by Gasteiger charge is 2.18. The Hall–Kier alpha value is -1.47. The van der Waals surface area contributed by atoms with Gasteiger partial charge in [0.2, 0.25) is 0 Å². The molecule has 0 fully saturated rings. The normalized spacial score (nSPS) is 14.4. The molecular formula is C11H21N5O2. The lowest BCUT2D eigenvalue weighted by Crippen LogP contribution is -2.25. The lowest BCUT2D eigenvalue weighted by atomic mass is 10.0. The van der Waals surface area contributed by atoms with Gasteiger partial charge in [-0.1, -0.05) is 0 Å². The van der Waals surface area contributed by atoms with Crippen LogP contribution in [-0.4, -0.2) is 27.0 Å². The zero-order valence-corrected chi connectivity index (χ0v) is 10.8. The van der Waals surface area contributed by atoms with E-state index >= 15 is 0 Å². The second-order valence-electron chi connectivity index (χ2n) is 4.73. The summed E-state index contributed by atoms with van der Waals surface area (Å²) < 4.78 is 0. The van der Waals surface area contributed by atoms with E-state index in [-0.39, 0.29) is 17.9 Å². The van der Waals surface area contributed by atoms with Crippen LogP contribution in [0.4, 0.5) is 5.82 Å². The number of imidazole rings is 1. The fourth-order valence-electron chi connectivity index (χ4n) is 1.80. The molecule has 7 nitrogen and oxygen atoms in total. The maximum Gasteiger partial charge on any atom is 0.343 e. The summed E-state index contributed by atoms with van der Waals surface area (Å²) in [4.78, 5) is 17.1. The second kappa shape index (κ2) is 6.46. The number of hydrogen-bond acceptors (Lipinski definition) is 5. The predicted molar refractivity (Wildman–Crippen MR) is 69.2 cm³/mol. The van der Waals surface area contributed by atoms with Crippen LogP contribution in [0.5, 0.6) is 0 Å². The van der Waals surface area contributed by atoms with Gasteiger partial charge in [0.15, 0.2) is 5.82 Å². The summed E-state index contributed by atoms with van der Waals surface area (Å²) in [6, 6.07) is 0.144. The third kappa shape index (κ3) is 4.42. The van der Waals surface area contributed by atoms with Crippen LogP contribution < -0.4 is 11.5 Å². The number of aromatic amines is 1. The van der Waals surface area contributed by atoms with Gasteiger partial charge in [0, 0.05) is 19.0 Å². The molecule has 2 atom stereocenters. The summed E-state index contributed by atoms with van der Waals surface area (Å²) >= 11 is 0. The van der Waals surface area contributed by atoms with Crippen molar-refractivity contribution in [3.8, 4) is 0 Å². The summed E-state index contributed by atoms with van der Waals surface area (Å²) in [5.74, 6) is 0.535. The highest BCUT2D eigenvalue weighted by Crippen LogP contribution is 2.17. The molecule has 102 valence electrons. The number of aromatic nitrogens is 2. The molecule has 0 aromatic carbocycles. The van der Waals surface area contributed by atoms with Gasteiger partial charge >= 0.3 is 5.82 Å². The largest absolute Gasteiger partial charge is 0.358 e. The minimum Gasteiger partial charge on any atom is -0.358 e. The minimum absolute atomic E-state index is 0.00705. The van der Waals surface area contributed by atoms with Crippen molar-refractivity contribution in [3.05, 3.63) is 21.6 Å².